The number of hydrogen-bond acceptors (Lipinski definition) is 5. The summed E-state index contributed by atoms with van der Waals surface area (Å²) in [7, 11) is 3.02. The molecule has 3 amide bonds. The van der Waals surface area contributed by atoms with Crippen molar-refractivity contribution in [3.8, 4) is 11.5 Å². The lowest BCUT2D eigenvalue weighted by Gasteiger charge is -2.33. The first-order valence-electron chi connectivity index (χ1n) is 11.7. The molecule has 2 aliphatic rings. The first kappa shape index (κ1) is 25.8. The molecule has 0 aliphatic carbocycles. The number of ether oxygens (including phenoxy) is 2. The molecule has 3 aromatic carbocycles. The van der Waals surface area contributed by atoms with Gasteiger partial charge in [-0.2, -0.15) is 13.2 Å². The third-order valence-electron chi connectivity index (χ3n) is 6.56. The summed E-state index contributed by atoms with van der Waals surface area (Å²) in [6.07, 6.45) is -4.51. The van der Waals surface area contributed by atoms with Crippen molar-refractivity contribution >= 4 is 35.1 Å². The van der Waals surface area contributed by atoms with Crippen LogP contribution in [0.1, 0.15) is 16.7 Å². The summed E-state index contributed by atoms with van der Waals surface area (Å²) in [6.45, 7) is 0.204. The van der Waals surface area contributed by atoms with E-state index in [2.05, 4.69) is 5.32 Å². The molecule has 1 saturated heterocycles. The molecule has 11 heteroatoms. The molecule has 0 bridgehead atoms. The maximum atomic E-state index is 14.1. The predicted molar refractivity (Wildman–Crippen MR) is 138 cm³/mol. The largest absolute Gasteiger partial charge is 0.497 e. The molecule has 1 fully saturated rings. The van der Waals surface area contributed by atoms with E-state index in [0.29, 0.717) is 46.3 Å². The number of thioether (sulfide) groups is 1. The van der Waals surface area contributed by atoms with E-state index in [9.17, 15) is 22.8 Å². The Morgan fingerprint density at radius 3 is 2.50 bits per heavy atom. The second kappa shape index (κ2) is 9.79. The van der Waals surface area contributed by atoms with Crippen molar-refractivity contribution in [3.63, 3.8) is 0 Å². The van der Waals surface area contributed by atoms with Crippen molar-refractivity contribution in [2.24, 2.45) is 0 Å². The van der Waals surface area contributed by atoms with Crippen molar-refractivity contribution in [2.75, 3.05) is 36.7 Å². The van der Waals surface area contributed by atoms with Crippen molar-refractivity contribution in [1.29, 1.82) is 0 Å². The van der Waals surface area contributed by atoms with Crippen LogP contribution in [0.3, 0.4) is 0 Å². The zero-order chi connectivity index (χ0) is 27.1. The van der Waals surface area contributed by atoms with Crippen LogP contribution in [-0.4, -0.2) is 43.4 Å². The third-order valence-corrected chi connectivity index (χ3v) is 7.98. The van der Waals surface area contributed by atoms with Gasteiger partial charge < -0.3 is 19.7 Å². The number of carbonyl (C=O) groups excluding carboxylic acids is 2. The molecule has 38 heavy (non-hydrogen) atoms. The number of nitrogens with one attached hydrogen (secondary N) is 1. The third kappa shape index (κ3) is 4.40. The van der Waals surface area contributed by atoms with E-state index in [1.54, 1.807) is 48.5 Å². The minimum atomic E-state index is -4.51. The average Bonchev–Trinajstić information content (AvgIpc) is 3.45. The van der Waals surface area contributed by atoms with Gasteiger partial charge in [0.05, 0.1) is 32.0 Å². The number of hydrogen-bond donors (Lipinski definition) is 1. The number of halogens is 3. The highest BCUT2D eigenvalue weighted by atomic mass is 32.2. The normalized spacial score (nSPS) is 18.6. The van der Waals surface area contributed by atoms with Gasteiger partial charge in [0, 0.05) is 29.6 Å². The quantitative estimate of drug-likeness (QED) is 0.447. The SMILES string of the molecule is COc1cccc(NC(=O)N2CCSC23C(=O)N(Cc2cccc(C(F)(F)F)c2)c2ccc(OC)cc23)c1. The molecular formula is C27H24F3N3O4S. The predicted octanol–water partition coefficient (Wildman–Crippen LogP) is 5.70. The lowest BCUT2D eigenvalue weighted by Crippen LogP contribution is -2.51. The summed E-state index contributed by atoms with van der Waals surface area (Å²) in [5.74, 6) is 1.15. The van der Waals surface area contributed by atoms with E-state index in [1.165, 1.54) is 41.8 Å². The Balaban J connectivity index is 1.53. The van der Waals surface area contributed by atoms with E-state index in [0.717, 1.165) is 12.1 Å². The van der Waals surface area contributed by atoms with Crippen LogP contribution in [0.5, 0.6) is 11.5 Å². The number of methoxy groups -OCH3 is 2. The van der Waals surface area contributed by atoms with Crippen molar-refractivity contribution in [3.05, 3.63) is 83.4 Å². The summed E-state index contributed by atoms with van der Waals surface area (Å²) < 4.78 is 50.6. The molecule has 198 valence electrons. The molecule has 7 nitrogen and oxygen atoms in total. The maximum absolute atomic E-state index is 14.1. The van der Waals surface area contributed by atoms with Gasteiger partial charge in [0.2, 0.25) is 0 Å². The monoisotopic (exact) mass is 543 g/mol. The van der Waals surface area contributed by atoms with E-state index in [4.69, 9.17) is 9.47 Å². The van der Waals surface area contributed by atoms with Gasteiger partial charge in [0.1, 0.15) is 11.5 Å². The molecule has 0 aromatic heterocycles. The van der Waals surface area contributed by atoms with Crippen molar-refractivity contribution in [2.45, 2.75) is 17.6 Å². The van der Waals surface area contributed by atoms with Crippen LogP contribution in [0.4, 0.5) is 29.3 Å². The summed E-state index contributed by atoms with van der Waals surface area (Å²) in [5.41, 5.74) is 1.10. The van der Waals surface area contributed by atoms with Crippen molar-refractivity contribution < 1.29 is 32.2 Å². The minimum absolute atomic E-state index is 0.0876. The lowest BCUT2D eigenvalue weighted by atomic mass is 10.1. The first-order valence-corrected chi connectivity index (χ1v) is 12.7. The van der Waals surface area contributed by atoms with Gasteiger partial charge in [-0.15, -0.1) is 11.8 Å². The molecule has 3 aromatic rings. The van der Waals surface area contributed by atoms with Crippen LogP contribution < -0.4 is 19.7 Å². The standard InChI is InChI=1S/C27H24F3N3O4S/c1-36-20-8-4-7-19(14-20)31-25(35)33-11-12-38-26(33)22-15-21(37-2)9-10-23(22)32(24(26)34)16-17-5-3-6-18(13-17)27(28,29)30/h3-10,13-15H,11-12,16H2,1-2H3,(H,31,35). The lowest BCUT2D eigenvalue weighted by molar-refractivity contribution is -0.137. The Bertz CT molecular complexity index is 1400. The number of carbonyl (C=O) groups is 2. The van der Waals surface area contributed by atoms with Gasteiger partial charge >= 0.3 is 12.2 Å². The molecule has 1 unspecified atom stereocenters. The molecular weight excluding hydrogens is 519 g/mol. The van der Waals surface area contributed by atoms with E-state index in [1.807, 2.05) is 0 Å². The van der Waals surface area contributed by atoms with Crippen LogP contribution in [0.25, 0.3) is 0 Å². The van der Waals surface area contributed by atoms with E-state index < -0.39 is 28.5 Å². The minimum Gasteiger partial charge on any atom is -0.497 e. The topological polar surface area (TPSA) is 71.1 Å². The fraction of sp³-hybridized carbons (Fsp3) is 0.259. The summed E-state index contributed by atoms with van der Waals surface area (Å²) in [5, 5.41) is 2.84. The summed E-state index contributed by atoms with van der Waals surface area (Å²) >= 11 is 1.31. The smallest absolute Gasteiger partial charge is 0.416 e. The number of rotatable bonds is 5. The molecule has 0 radical (unpaired) electrons. The number of urea groups is 1. The van der Waals surface area contributed by atoms with E-state index >= 15 is 0 Å². The van der Waals surface area contributed by atoms with Crippen LogP contribution in [-0.2, 0) is 22.4 Å². The van der Waals surface area contributed by atoms with Gasteiger partial charge in [0.15, 0.2) is 4.87 Å². The zero-order valence-corrected chi connectivity index (χ0v) is 21.4. The van der Waals surface area contributed by atoms with Gasteiger partial charge in [-0.1, -0.05) is 18.2 Å². The number of anilines is 2. The highest BCUT2D eigenvalue weighted by Gasteiger charge is 2.59. The molecule has 2 aliphatic heterocycles. The van der Waals surface area contributed by atoms with Gasteiger partial charge in [-0.25, -0.2) is 4.79 Å². The van der Waals surface area contributed by atoms with Crippen LogP contribution in [0.2, 0.25) is 0 Å². The highest BCUT2D eigenvalue weighted by molar-refractivity contribution is 8.01. The van der Waals surface area contributed by atoms with E-state index in [-0.39, 0.29) is 6.54 Å². The first-order chi connectivity index (χ1) is 18.2. The number of nitrogens with zero attached hydrogens (tertiary/aromatic N) is 2. The van der Waals surface area contributed by atoms with Crippen LogP contribution in [0.15, 0.2) is 66.7 Å². The van der Waals surface area contributed by atoms with Gasteiger partial charge in [-0.3, -0.25) is 9.69 Å². The van der Waals surface area contributed by atoms with Crippen LogP contribution in [0, 0.1) is 0 Å². The number of fused-ring (bicyclic) bond motifs is 2. The molecule has 1 spiro atoms. The number of amides is 3. The van der Waals surface area contributed by atoms with Crippen molar-refractivity contribution in [1.82, 2.24) is 4.90 Å². The fourth-order valence-corrected chi connectivity index (χ4v) is 6.25. The maximum Gasteiger partial charge on any atom is 0.416 e. The Morgan fingerprint density at radius 1 is 1.03 bits per heavy atom. The summed E-state index contributed by atoms with van der Waals surface area (Å²) in [6, 6.07) is 16.4. The van der Waals surface area contributed by atoms with Crippen LogP contribution >= 0.6 is 11.8 Å². The van der Waals surface area contributed by atoms with Gasteiger partial charge in [-0.05, 0) is 48.0 Å². The Hall–Kier alpha value is -3.86. The Morgan fingerprint density at radius 2 is 1.76 bits per heavy atom. The Labute approximate surface area is 221 Å². The molecule has 2 heterocycles. The number of alkyl halides is 3. The second-order valence-corrected chi connectivity index (χ2v) is 10.1. The van der Waals surface area contributed by atoms with Gasteiger partial charge in [0.25, 0.3) is 5.91 Å². The molecule has 5 rings (SSSR count). The zero-order valence-electron chi connectivity index (χ0n) is 20.5. The highest BCUT2D eigenvalue weighted by Crippen LogP contribution is 2.55. The average molecular weight is 544 g/mol. The molecule has 0 saturated carbocycles. The summed E-state index contributed by atoms with van der Waals surface area (Å²) in [4.78, 5) is 29.2. The second-order valence-electron chi connectivity index (χ2n) is 8.78. The molecule has 1 N–H and O–H groups in total. The Kier molecular flexibility index (Phi) is 6.64. The number of benzene rings is 3. The molecule has 1 atom stereocenters. The fourth-order valence-electron chi connectivity index (χ4n) is 4.80.